The molecule has 2 N–H and O–H groups in total. The second-order valence-electron chi connectivity index (χ2n) is 5.32. The second-order valence-corrected chi connectivity index (χ2v) is 5.32. The van der Waals surface area contributed by atoms with Crippen molar-refractivity contribution in [2.75, 3.05) is 7.11 Å². The molecule has 0 radical (unpaired) electrons. The molecule has 0 aliphatic carbocycles. The van der Waals surface area contributed by atoms with Crippen LogP contribution < -0.4 is 10.6 Å². The van der Waals surface area contributed by atoms with Crippen molar-refractivity contribution in [3.8, 4) is 0 Å². The molecule has 0 fully saturated rings. The zero-order valence-electron chi connectivity index (χ0n) is 13.8. The van der Waals surface area contributed by atoms with Crippen LogP contribution in [0.25, 0.3) is 0 Å². The fourth-order valence-corrected chi connectivity index (χ4v) is 2.12. The highest BCUT2D eigenvalue weighted by atomic mass is 16.5. The lowest BCUT2D eigenvalue weighted by Crippen LogP contribution is -2.50. The van der Waals surface area contributed by atoms with Crippen LogP contribution in [-0.2, 0) is 25.5 Å². The molecule has 6 nitrogen and oxygen atoms in total. The van der Waals surface area contributed by atoms with Gasteiger partial charge in [-0.15, -0.1) is 0 Å². The molecule has 0 spiro atoms. The summed E-state index contributed by atoms with van der Waals surface area (Å²) in [6.45, 7) is 3.49. The highest BCUT2D eigenvalue weighted by Crippen LogP contribution is 2.01. The minimum atomic E-state index is -0.727. The Morgan fingerprint density at radius 3 is 2.35 bits per heavy atom. The molecule has 1 rings (SSSR count). The van der Waals surface area contributed by atoms with Crippen LogP contribution in [0, 0.1) is 0 Å². The third kappa shape index (κ3) is 6.50. The Bertz CT molecular complexity index is 531. The van der Waals surface area contributed by atoms with Crippen molar-refractivity contribution in [2.45, 2.75) is 45.2 Å². The van der Waals surface area contributed by atoms with Crippen molar-refractivity contribution in [1.29, 1.82) is 0 Å². The number of carbonyl (C=O) groups is 3. The van der Waals surface area contributed by atoms with E-state index >= 15 is 0 Å². The molecule has 1 aromatic rings. The van der Waals surface area contributed by atoms with Crippen molar-refractivity contribution in [3.05, 3.63) is 35.9 Å². The van der Waals surface area contributed by atoms with Gasteiger partial charge in [0, 0.05) is 0 Å². The summed E-state index contributed by atoms with van der Waals surface area (Å²) in [6, 6.07) is 7.85. The number of hydrogen-bond acceptors (Lipinski definition) is 4. The van der Waals surface area contributed by atoms with Gasteiger partial charge in [0.05, 0.1) is 13.5 Å². The Hall–Kier alpha value is -2.37. The topological polar surface area (TPSA) is 84.5 Å². The number of rotatable bonds is 8. The third-order valence-electron chi connectivity index (χ3n) is 3.36. The molecule has 23 heavy (non-hydrogen) atoms. The number of carbonyl (C=O) groups excluding carboxylic acids is 3. The van der Waals surface area contributed by atoms with Crippen LogP contribution in [0.3, 0.4) is 0 Å². The van der Waals surface area contributed by atoms with Gasteiger partial charge in [0.25, 0.3) is 0 Å². The maximum Gasteiger partial charge on any atom is 0.328 e. The smallest absolute Gasteiger partial charge is 0.328 e. The summed E-state index contributed by atoms with van der Waals surface area (Å²) in [5.74, 6) is -1.14. The van der Waals surface area contributed by atoms with Crippen LogP contribution in [0.1, 0.15) is 32.3 Å². The zero-order valence-corrected chi connectivity index (χ0v) is 13.8. The van der Waals surface area contributed by atoms with E-state index in [9.17, 15) is 14.4 Å². The SMILES string of the molecule is CCCC(NC(=O)C(C)NC(=O)Cc1ccccc1)C(=O)OC. The Morgan fingerprint density at radius 2 is 1.78 bits per heavy atom. The Labute approximate surface area is 136 Å². The lowest BCUT2D eigenvalue weighted by atomic mass is 10.1. The number of amides is 2. The molecule has 0 bridgehead atoms. The van der Waals surface area contributed by atoms with Crippen molar-refractivity contribution < 1.29 is 19.1 Å². The van der Waals surface area contributed by atoms with Gasteiger partial charge in [0.1, 0.15) is 12.1 Å². The molecule has 2 atom stereocenters. The van der Waals surface area contributed by atoms with Gasteiger partial charge in [-0.3, -0.25) is 9.59 Å². The summed E-state index contributed by atoms with van der Waals surface area (Å²) in [6.07, 6.45) is 1.42. The quantitative estimate of drug-likeness (QED) is 0.705. The number of benzene rings is 1. The molecule has 6 heteroatoms. The van der Waals surface area contributed by atoms with E-state index in [4.69, 9.17) is 0 Å². The predicted octanol–water partition coefficient (Wildman–Crippen LogP) is 1.19. The van der Waals surface area contributed by atoms with Gasteiger partial charge in [0.2, 0.25) is 11.8 Å². The summed E-state index contributed by atoms with van der Waals surface area (Å²) in [5, 5.41) is 5.24. The lowest BCUT2D eigenvalue weighted by molar-refractivity contribution is -0.145. The largest absolute Gasteiger partial charge is 0.467 e. The first kappa shape index (κ1) is 18.7. The molecule has 0 saturated heterocycles. The van der Waals surface area contributed by atoms with Crippen LogP contribution in [0.5, 0.6) is 0 Å². The summed E-state index contributed by atoms with van der Waals surface area (Å²) in [4.78, 5) is 35.6. The van der Waals surface area contributed by atoms with Gasteiger partial charge in [-0.05, 0) is 18.9 Å². The lowest BCUT2D eigenvalue weighted by Gasteiger charge is -2.19. The maximum absolute atomic E-state index is 12.1. The molecule has 0 heterocycles. The fraction of sp³-hybridized carbons (Fsp3) is 0.471. The minimum absolute atomic E-state index is 0.202. The fourth-order valence-electron chi connectivity index (χ4n) is 2.12. The normalized spacial score (nSPS) is 12.8. The monoisotopic (exact) mass is 320 g/mol. The van der Waals surface area contributed by atoms with Crippen molar-refractivity contribution in [2.24, 2.45) is 0 Å². The maximum atomic E-state index is 12.1. The predicted molar refractivity (Wildman–Crippen MR) is 86.6 cm³/mol. The van der Waals surface area contributed by atoms with Crippen LogP contribution >= 0.6 is 0 Å². The number of ether oxygens (including phenoxy) is 1. The molecular formula is C17H24N2O4. The van der Waals surface area contributed by atoms with Crippen LogP contribution in [0.2, 0.25) is 0 Å². The van der Waals surface area contributed by atoms with Crippen LogP contribution in [-0.4, -0.2) is 37.0 Å². The van der Waals surface area contributed by atoms with E-state index in [1.807, 2.05) is 37.3 Å². The summed E-state index contributed by atoms with van der Waals surface area (Å²) < 4.78 is 4.66. The molecule has 0 aliphatic rings. The average Bonchev–Trinajstić information content (AvgIpc) is 2.54. The third-order valence-corrected chi connectivity index (χ3v) is 3.36. The standard InChI is InChI=1S/C17H24N2O4/c1-4-8-14(17(22)23-3)19-16(21)12(2)18-15(20)11-13-9-6-5-7-10-13/h5-7,9-10,12,14H,4,8,11H2,1-3H3,(H,18,20)(H,19,21). The Balaban J connectivity index is 2.52. The Morgan fingerprint density at radius 1 is 1.13 bits per heavy atom. The van der Waals surface area contributed by atoms with E-state index in [-0.39, 0.29) is 12.3 Å². The highest BCUT2D eigenvalue weighted by Gasteiger charge is 2.24. The molecule has 0 saturated carbocycles. The van der Waals surface area contributed by atoms with Gasteiger partial charge < -0.3 is 15.4 Å². The van der Waals surface area contributed by atoms with E-state index in [0.29, 0.717) is 6.42 Å². The molecular weight excluding hydrogens is 296 g/mol. The molecule has 0 aromatic heterocycles. The van der Waals surface area contributed by atoms with Crippen LogP contribution in [0.4, 0.5) is 0 Å². The first-order valence-electron chi connectivity index (χ1n) is 7.69. The van der Waals surface area contributed by atoms with Gasteiger partial charge in [-0.2, -0.15) is 0 Å². The van der Waals surface area contributed by atoms with Crippen molar-refractivity contribution in [3.63, 3.8) is 0 Å². The van der Waals surface area contributed by atoms with E-state index in [2.05, 4.69) is 15.4 Å². The molecule has 2 amide bonds. The minimum Gasteiger partial charge on any atom is -0.467 e. The van der Waals surface area contributed by atoms with E-state index in [0.717, 1.165) is 12.0 Å². The summed E-state index contributed by atoms with van der Waals surface area (Å²) in [7, 11) is 1.28. The summed E-state index contributed by atoms with van der Waals surface area (Å²) >= 11 is 0. The number of hydrogen-bond donors (Lipinski definition) is 2. The average molecular weight is 320 g/mol. The van der Waals surface area contributed by atoms with Gasteiger partial charge in [-0.1, -0.05) is 43.7 Å². The Kier molecular flexibility index (Phi) is 7.80. The molecule has 2 unspecified atom stereocenters. The summed E-state index contributed by atoms with van der Waals surface area (Å²) in [5.41, 5.74) is 0.871. The van der Waals surface area contributed by atoms with Gasteiger partial charge in [-0.25, -0.2) is 4.79 Å². The van der Waals surface area contributed by atoms with Gasteiger partial charge in [0.15, 0.2) is 0 Å². The molecule has 126 valence electrons. The number of nitrogens with one attached hydrogen (secondary N) is 2. The molecule has 1 aromatic carbocycles. The highest BCUT2D eigenvalue weighted by molar-refractivity contribution is 5.90. The number of esters is 1. The molecule has 0 aliphatic heterocycles. The number of methoxy groups -OCH3 is 1. The van der Waals surface area contributed by atoms with E-state index < -0.39 is 24.0 Å². The first-order chi connectivity index (χ1) is 11.0. The van der Waals surface area contributed by atoms with E-state index in [1.54, 1.807) is 6.92 Å². The van der Waals surface area contributed by atoms with Gasteiger partial charge >= 0.3 is 5.97 Å². The van der Waals surface area contributed by atoms with E-state index in [1.165, 1.54) is 7.11 Å². The van der Waals surface area contributed by atoms with Crippen molar-refractivity contribution >= 4 is 17.8 Å². The first-order valence-corrected chi connectivity index (χ1v) is 7.69. The van der Waals surface area contributed by atoms with Crippen molar-refractivity contribution in [1.82, 2.24) is 10.6 Å². The zero-order chi connectivity index (χ0) is 17.2. The second kappa shape index (κ2) is 9.61. The van der Waals surface area contributed by atoms with Crippen LogP contribution in [0.15, 0.2) is 30.3 Å².